The third kappa shape index (κ3) is 2.47. The Labute approximate surface area is 166 Å². The quantitative estimate of drug-likeness (QED) is 0.584. The molecule has 0 saturated carbocycles. The highest BCUT2D eigenvalue weighted by molar-refractivity contribution is 6.15. The predicted octanol–water partition coefficient (Wildman–Crippen LogP) is -0.539. The van der Waals surface area contributed by atoms with Gasteiger partial charge in [0.15, 0.2) is 0 Å². The molecule has 4 aliphatic heterocycles. The molecule has 3 fully saturated rings. The van der Waals surface area contributed by atoms with E-state index in [9.17, 15) is 19.2 Å². The second-order valence-electron chi connectivity index (χ2n) is 8.15. The number of imide groups is 1. The van der Waals surface area contributed by atoms with Gasteiger partial charge in [-0.2, -0.15) is 0 Å². The van der Waals surface area contributed by atoms with E-state index in [0.717, 1.165) is 12.8 Å². The first kappa shape index (κ1) is 18.3. The van der Waals surface area contributed by atoms with Crippen LogP contribution in [0.15, 0.2) is 24.3 Å². The molecule has 3 saturated heterocycles. The zero-order chi connectivity index (χ0) is 20.3. The van der Waals surface area contributed by atoms with Crippen molar-refractivity contribution in [3.05, 3.63) is 29.8 Å². The Hall–Kier alpha value is -2.78. The van der Waals surface area contributed by atoms with Gasteiger partial charge in [-0.15, -0.1) is 0 Å². The summed E-state index contributed by atoms with van der Waals surface area (Å²) in [7, 11) is 0. The molecule has 9 heteroatoms. The number of anilines is 1. The number of nitrogens with two attached hydrogens (primary N) is 1. The van der Waals surface area contributed by atoms with Gasteiger partial charge in [-0.1, -0.05) is 18.2 Å². The highest BCUT2D eigenvalue weighted by atomic mass is 16.5. The lowest BCUT2D eigenvalue weighted by Gasteiger charge is -2.29. The number of carbonyl (C=O) groups is 4. The standard InChI is InChI=1S/C20H22N4O5/c21-14(25)8-13-15-16(18(27)24(17(15)26)9-10-4-3-7-29-10)20(23-13)11-5-1-2-6-12(11)22-19(20)28/h1-2,5-6,10,13,15-16,23H,3-4,7-9H2,(H2,21,25)(H,22,28)/t10?,13-,15-,16+,20+/m0/s1. The van der Waals surface area contributed by atoms with Crippen molar-refractivity contribution in [2.45, 2.75) is 36.9 Å². The molecule has 1 spiro atoms. The maximum Gasteiger partial charge on any atom is 0.250 e. The molecule has 0 aromatic heterocycles. The highest BCUT2D eigenvalue weighted by Crippen LogP contribution is 2.53. The van der Waals surface area contributed by atoms with Gasteiger partial charge < -0.3 is 15.8 Å². The normalized spacial score (nSPS) is 35.3. The average molecular weight is 398 g/mol. The first-order chi connectivity index (χ1) is 13.9. The van der Waals surface area contributed by atoms with E-state index in [0.29, 0.717) is 17.9 Å². The van der Waals surface area contributed by atoms with Crippen molar-refractivity contribution in [1.29, 1.82) is 0 Å². The number of hydrogen-bond acceptors (Lipinski definition) is 6. The zero-order valence-corrected chi connectivity index (χ0v) is 15.7. The van der Waals surface area contributed by atoms with Crippen molar-refractivity contribution >= 4 is 29.3 Å². The molecular weight excluding hydrogens is 376 g/mol. The Bertz CT molecular complexity index is 927. The van der Waals surface area contributed by atoms with Crippen LogP contribution in [0.3, 0.4) is 0 Å². The summed E-state index contributed by atoms with van der Waals surface area (Å²) in [5.74, 6) is -3.51. The largest absolute Gasteiger partial charge is 0.376 e. The maximum absolute atomic E-state index is 13.4. The fourth-order valence-corrected chi connectivity index (χ4v) is 5.38. The molecule has 0 bridgehead atoms. The van der Waals surface area contributed by atoms with Gasteiger partial charge in [0.1, 0.15) is 5.54 Å². The maximum atomic E-state index is 13.4. The second-order valence-corrected chi connectivity index (χ2v) is 8.15. The van der Waals surface area contributed by atoms with Gasteiger partial charge in [0.2, 0.25) is 23.6 Å². The van der Waals surface area contributed by atoms with Crippen LogP contribution in [0.25, 0.3) is 0 Å². The van der Waals surface area contributed by atoms with Gasteiger partial charge in [0.25, 0.3) is 0 Å². The smallest absolute Gasteiger partial charge is 0.250 e. The van der Waals surface area contributed by atoms with Gasteiger partial charge in [0, 0.05) is 30.3 Å². The Morgan fingerprint density at radius 2 is 2.03 bits per heavy atom. The molecule has 0 aliphatic carbocycles. The van der Waals surface area contributed by atoms with Crippen molar-refractivity contribution in [3.8, 4) is 0 Å². The first-order valence-corrected chi connectivity index (χ1v) is 9.87. The van der Waals surface area contributed by atoms with Crippen LogP contribution in [0.5, 0.6) is 0 Å². The molecule has 1 aromatic rings. The SMILES string of the molecule is NC(=O)C[C@@H]1N[C@@]2(C(=O)Nc3ccccc32)[C@H]2C(=O)N(CC3CCCO3)C(=O)[C@@H]12. The minimum absolute atomic E-state index is 0.134. The molecular formula is C20H22N4O5. The highest BCUT2D eigenvalue weighted by Gasteiger charge is 2.70. The molecule has 152 valence electrons. The summed E-state index contributed by atoms with van der Waals surface area (Å²) in [6.07, 6.45) is 1.35. The molecule has 29 heavy (non-hydrogen) atoms. The fourth-order valence-electron chi connectivity index (χ4n) is 5.38. The van der Waals surface area contributed by atoms with Crippen LogP contribution in [0.2, 0.25) is 0 Å². The number of amides is 4. The fraction of sp³-hybridized carbons (Fsp3) is 0.500. The van der Waals surface area contributed by atoms with Crippen molar-refractivity contribution in [2.24, 2.45) is 17.6 Å². The predicted molar refractivity (Wildman–Crippen MR) is 100 cm³/mol. The molecule has 4 heterocycles. The number of ether oxygens (including phenoxy) is 1. The van der Waals surface area contributed by atoms with Gasteiger partial charge in [0.05, 0.1) is 24.5 Å². The summed E-state index contributed by atoms with van der Waals surface area (Å²) < 4.78 is 5.60. The number of likely N-dealkylation sites (tertiary alicyclic amines) is 1. The van der Waals surface area contributed by atoms with Crippen LogP contribution in [-0.4, -0.2) is 53.8 Å². The molecule has 1 aromatic carbocycles. The second kappa shape index (κ2) is 6.36. The lowest BCUT2D eigenvalue weighted by Crippen LogP contribution is -2.54. The van der Waals surface area contributed by atoms with Crippen LogP contribution in [-0.2, 0) is 29.5 Å². The molecule has 5 rings (SSSR count). The Morgan fingerprint density at radius 1 is 1.24 bits per heavy atom. The Kier molecular flexibility index (Phi) is 4.01. The van der Waals surface area contributed by atoms with Crippen LogP contribution < -0.4 is 16.4 Å². The van der Waals surface area contributed by atoms with Crippen LogP contribution in [0.1, 0.15) is 24.8 Å². The number of hydrogen-bond donors (Lipinski definition) is 3. The van der Waals surface area contributed by atoms with Gasteiger partial charge in [-0.3, -0.25) is 29.4 Å². The van der Waals surface area contributed by atoms with Crippen LogP contribution in [0.4, 0.5) is 5.69 Å². The summed E-state index contributed by atoms with van der Waals surface area (Å²) in [5.41, 5.74) is 5.24. The number of fused-ring (bicyclic) bond motifs is 4. The minimum Gasteiger partial charge on any atom is -0.376 e. The van der Waals surface area contributed by atoms with Gasteiger partial charge in [-0.25, -0.2) is 0 Å². The molecule has 1 unspecified atom stereocenters. The lowest BCUT2D eigenvalue weighted by molar-refractivity contribution is -0.144. The molecule has 5 atom stereocenters. The lowest BCUT2D eigenvalue weighted by atomic mass is 9.76. The number of carbonyl (C=O) groups excluding carboxylic acids is 4. The monoisotopic (exact) mass is 398 g/mol. The van der Waals surface area contributed by atoms with E-state index >= 15 is 0 Å². The first-order valence-electron chi connectivity index (χ1n) is 9.87. The number of para-hydroxylation sites is 1. The summed E-state index contributed by atoms with van der Waals surface area (Å²) in [4.78, 5) is 52.7. The molecule has 9 nitrogen and oxygen atoms in total. The number of benzene rings is 1. The van der Waals surface area contributed by atoms with E-state index < -0.39 is 35.2 Å². The van der Waals surface area contributed by atoms with E-state index in [-0.39, 0.29) is 30.9 Å². The summed E-state index contributed by atoms with van der Waals surface area (Å²) in [5, 5.41) is 5.98. The molecule has 4 N–H and O–H groups in total. The van der Waals surface area contributed by atoms with Crippen molar-refractivity contribution in [3.63, 3.8) is 0 Å². The van der Waals surface area contributed by atoms with E-state index in [1.807, 2.05) is 0 Å². The molecule has 4 amide bonds. The Balaban J connectivity index is 1.58. The number of rotatable bonds is 4. The number of primary amides is 1. The Morgan fingerprint density at radius 3 is 2.76 bits per heavy atom. The van der Waals surface area contributed by atoms with Crippen molar-refractivity contribution in [1.82, 2.24) is 10.2 Å². The van der Waals surface area contributed by atoms with E-state index in [1.165, 1.54) is 4.90 Å². The minimum atomic E-state index is -1.39. The van der Waals surface area contributed by atoms with Gasteiger partial charge >= 0.3 is 0 Å². The van der Waals surface area contributed by atoms with Crippen molar-refractivity contribution < 1.29 is 23.9 Å². The third-order valence-electron chi connectivity index (χ3n) is 6.55. The van der Waals surface area contributed by atoms with E-state index in [1.54, 1.807) is 24.3 Å². The molecule has 4 aliphatic rings. The van der Waals surface area contributed by atoms with Crippen LogP contribution in [0, 0.1) is 11.8 Å². The number of nitrogens with zero attached hydrogens (tertiary/aromatic N) is 1. The third-order valence-corrected chi connectivity index (χ3v) is 6.55. The number of nitrogens with one attached hydrogen (secondary N) is 2. The topological polar surface area (TPSA) is 131 Å². The van der Waals surface area contributed by atoms with E-state index in [4.69, 9.17) is 10.5 Å². The van der Waals surface area contributed by atoms with Crippen LogP contribution >= 0.6 is 0 Å². The summed E-state index contributed by atoms with van der Waals surface area (Å²) in [6, 6.07) is 6.40. The van der Waals surface area contributed by atoms with Crippen molar-refractivity contribution in [2.75, 3.05) is 18.5 Å². The summed E-state index contributed by atoms with van der Waals surface area (Å²) in [6.45, 7) is 0.784. The zero-order valence-electron chi connectivity index (χ0n) is 15.7. The van der Waals surface area contributed by atoms with Gasteiger partial charge in [-0.05, 0) is 18.9 Å². The van der Waals surface area contributed by atoms with E-state index in [2.05, 4.69) is 10.6 Å². The summed E-state index contributed by atoms with van der Waals surface area (Å²) >= 11 is 0. The average Bonchev–Trinajstić information content (AvgIpc) is 3.41. The molecule has 0 radical (unpaired) electrons.